The Morgan fingerprint density at radius 1 is 1.30 bits per heavy atom. The fourth-order valence-corrected chi connectivity index (χ4v) is 0.450. The smallest absolute Gasteiger partial charge is 0.0976 e. The molecule has 0 bridgehead atoms. The number of nitrogens with two attached hydrogens (primary N) is 1. The van der Waals surface area contributed by atoms with Crippen LogP contribution in [0.2, 0.25) is 0 Å². The Bertz CT molecular complexity index is 144. The van der Waals surface area contributed by atoms with Crippen molar-refractivity contribution in [2.45, 2.75) is 32.4 Å². The van der Waals surface area contributed by atoms with Crippen molar-refractivity contribution in [2.75, 3.05) is 0 Å². The number of hydrogen-bond donors (Lipinski definition) is 3. The lowest BCUT2D eigenvalue weighted by Crippen LogP contribution is -2.44. The van der Waals surface area contributed by atoms with Gasteiger partial charge in [-0.25, -0.2) is 0 Å². The van der Waals surface area contributed by atoms with Crippen LogP contribution in [0.5, 0.6) is 0 Å². The van der Waals surface area contributed by atoms with E-state index in [1.165, 1.54) is 0 Å². The number of amidine groups is 1. The van der Waals surface area contributed by atoms with Crippen LogP contribution in [0.1, 0.15) is 27.7 Å². The summed E-state index contributed by atoms with van der Waals surface area (Å²) >= 11 is 4.35. The van der Waals surface area contributed by atoms with E-state index in [9.17, 15) is 0 Å². The second kappa shape index (κ2) is 2.46. The van der Waals surface area contributed by atoms with Gasteiger partial charge < -0.3 is 5.73 Å². The van der Waals surface area contributed by atoms with Crippen LogP contribution < -0.4 is 5.73 Å². The summed E-state index contributed by atoms with van der Waals surface area (Å²) in [4.78, 5) is 0. The quantitative estimate of drug-likeness (QED) is 0.321. The summed E-state index contributed by atoms with van der Waals surface area (Å²) in [6, 6.07) is 0. The average molecular weight is 160 g/mol. The highest BCUT2D eigenvalue weighted by atomic mass is 32.1. The molecule has 0 atom stereocenters. The zero-order chi connectivity index (χ0) is 8.58. The number of nitrogens with one attached hydrogen (secondary N) is 1. The largest absolute Gasteiger partial charge is 0.387 e. The molecular formula is C7H16N2S. The molecule has 10 heavy (non-hydrogen) atoms. The Morgan fingerprint density at radius 3 is 1.60 bits per heavy atom. The van der Waals surface area contributed by atoms with E-state index in [1.54, 1.807) is 0 Å². The Morgan fingerprint density at radius 2 is 1.60 bits per heavy atom. The molecular weight excluding hydrogens is 144 g/mol. The number of rotatable bonds is 2. The van der Waals surface area contributed by atoms with Gasteiger partial charge in [0.15, 0.2) is 0 Å². The van der Waals surface area contributed by atoms with Gasteiger partial charge in [0.25, 0.3) is 0 Å². The van der Waals surface area contributed by atoms with Crippen molar-refractivity contribution >= 4 is 18.5 Å². The maximum atomic E-state index is 7.28. The third kappa shape index (κ3) is 1.66. The van der Waals surface area contributed by atoms with E-state index in [2.05, 4.69) is 12.6 Å². The first-order chi connectivity index (χ1) is 4.19. The monoisotopic (exact) mass is 160 g/mol. The van der Waals surface area contributed by atoms with Crippen LogP contribution in [-0.2, 0) is 0 Å². The topological polar surface area (TPSA) is 49.9 Å². The molecule has 0 saturated carbocycles. The SMILES string of the molecule is CC(C)(S)C(C)(C)C(=N)N. The first-order valence-electron chi connectivity index (χ1n) is 3.26. The summed E-state index contributed by atoms with van der Waals surface area (Å²) in [5, 5.41) is 7.28. The Labute approximate surface area is 68.1 Å². The first kappa shape index (κ1) is 9.82. The lowest BCUT2D eigenvalue weighted by Gasteiger charge is -2.36. The summed E-state index contributed by atoms with van der Waals surface area (Å²) in [5.74, 6) is 0.188. The van der Waals surface area contributed by atoms with E-state index in [0.29, 0.717) is 0 Å². The molecule has 0 aliphatic heterocycles. The molecule has 0 heterocycles. The number of thiol groups is 1. The highest BCUT2D eigenvalue weighted by Crippen LogP contribution is 2.35. The third-order valence-electron chi connectivity index (χ3n) is 2.20. The molecule has 0 aliphatic rings. The van der Waals surface area contributed by atoms with Crippen molar-refractivity contribution in [3.63, 3.8) is 0 Å². The molecule has 3 heteroatoms. The molecule has 3 N–H and O–H groups in total. The number of hydrogen-bond acceptors (Lipinski definition) is 2. The minimum absolute atomic E-state index is 0.188. The van der Waals surface area contributed by atoms with Crippen LogP contribution in [-0.4, -0.2) is 10.6 Å². The molecule has 0 amide bonds. The van der Waals surface area contributed by atoms with Crippen molar-refractivity contribution in [1.82, 2.24) is 0 Å². The minimum Gasteiger partial charge on any atom is -0.387 e. The van der Waals surface area contributed by atoms with Crippen LogP contribution in [0.25, 0.3) is 0 Å². The molecule has 0 aromatic rings. The van der Waals surface area contributed by atoms with Gasteiger partial charge in [-0.2, -0.15) is 12.6 Å². The molecule has 0 unspecified atom stereocenters. The van der Waals surface area contributed by atoms with E-state index in [0.717, 1.165) is 0 Å². The van der Waals surface area contributed by atoms with Crippen LogP contribution in [0.3, 0.4) is 0 Å². The summed E-state index contributed by atoms with van der Waals surface area (Å²) in [6.07, 6.45) is 0. The average Bonchev–Trinajstić information content (AvgIpc) is 1.62. The summed E-state index contributed by atoms with van der Waals surface area (Å²) in [5.41, 5.74) is 5.05. The van der Waals surface area contributed by atoms with Crippen LogP contribution in [0.15, 0.2) is 0 Å². The van der Waals surface area contributed by atoms with E-state index in [-0.39, 0.29) is 16.0 Å². The van der Waals surface area contributed by atoms with Crippen molar-refractivity contribution in [2.24, 2.45) is 11.1 Å². The standard InChI is InChI=1S/C7H16N2S/c1-6(2,5(8)9)7(3,4)10/h10H,1-4H3,(H3,8,9). The van der Waals surface area contributed by atoms with Gasteiger partial charge in [-0.3, -0.25) is 5.41 Å². The van der Waals surface area contributed by atoms with Crippen molar-refractivity contribution in [1.29, 1.82) is 5.41 Å². The summed E-state index contributed by atoms with van der Waals surface area (Å²) < 4.78 is -0.237. The Kier molecular flexibility index (Phi) is 2.41. The Balaban J connectivity index is 4.57. The molecule has 0 aromatic carbocycles. The molecule has 0 rings (SSSR count). The summed E-state index contributed by atoms with van der Waals surface area (Å²) in [7, 11) is 0. The second-order valence-electron chi connectivity index (χ2n) is 3.60. The van der Waals surface area contributed by atoms with Crippen LogP contribution >= 0.6 is 12.6 Å². The first-order valence-corrected chi connectivity index (χ1v) is 3.71. The predicted octanol–water partition coefficient (Wildman–Crippen LogP) is 1.66. The van der Waals surface area contributed by atoms with Crippen molar-refractivity contribution < 1.29 is 0 Å². The zero-order valence-corrected chi connectivity index (χ0v) is 7.92. The normalized spacial score (nSPS) is 13.3. The molecule has 0 fully saturated rings. The van der Waals surface area contributed by atoms with E-state index in [1.807, 2.05) is 27.7 Å². The van der Waals surface area contributed by atoms with Crippen LogP contribution in [0, 0.1) is 10.8 Å². The predicted molar refractivity (Wildman–Crippen MR) is 48.8 cm³/mol. The molecule has 0 spiro atoms. The molecule has 0 radical (unpaired) electrons. The van der Waals surface area contributed by atoms with E-state index in [4.69, 9.17) is 11.1 Å². The summed E-state index contributed by atoms with van der Waals surface area (Å²) in [6.45, 7) is 7.75. The van der Waals surface area contributed by atoms with Crippen molar-refractivity contribution in [3.8, 4) is 0 Å². The molecule has 0 aromatic heterocycles. The highest BCUT2D eigenvalue weighted by molar-refractivity contribution is 7.81. The fraction of sp³-hybridized carbons (Fsp3) is 0.857. The van der Waals surface area contributed by atoms with Gasteiger partial charge in [-0.15, -0.1) is 0 Å². The molecule has 0 saturated heterocycles. The van der Waals surface area contributed by atoms with Crippen LogP contribution in [0.4, 0.5) is 0 Å². The molecule has 2 nitrogen and oxygen atoms in total. The fourth-order valence-electron chi connectivity index (χ4n) is 0.330. The molecule has 0 aliphatic carbocycles. The highest BCUT2D eigenvalue weighted by Gasteiger charge is 2.36. The minimum atomic E-state index is -0.337. The Hall–Kier alpha value is -0.180. The zero-order valence-electron chi connectivity index (χ0n) is 7.02. The van der Waals surface area contributed by atoms with E-state index >= 15 is 0 Å². The van der Waals surface area contributed by atoms with Gasteiger partial charge in [0.1, 0.15) is 0 Å². The molecule has 60 valence electrons. The van der Waals surface area contributed by atoms with Gasteiger partial charge in [0, 0.05) is 10.2 Å². The van der Waals surface area contributed by atoms with Gasteiger partial charge >= 0.3 is 0 Å². The third-order valence-corrected chi connectivity index (χ3v) is 2.76. The lowest BCUT2D eigenvalue weighted by molar-refractivity contribution is 0.404. The van der Waals surface area contributed by atoms with Crippen molar-refractivity contribution in [3.05, 3.63) is 0 Å². The van der Waals surface area contributed by atoms with Gasteiger partial charge in [0.05, 0.1) is 5.84 Å². The van der Waals surface area contributed by atoms with Gasteiger partial charge in [0.2, 0.25) is 0 Å². The lowest BCUT2D eigenvalue weighted by atomic mass is 9.79. The second-order valence-corrected chi connectivity index (χ2v) is 4.72. The maximum absolute atomic E-state index is 7.28. The van der Waals surface area contributed by atoms with Gasteiger partial charge in [-0.1, -0.05) is 13.8 Å². The van der Waals surface area contributed by atoms with Gasteiger partial charge in [-0.05, 0) is 13.8 Å². The van der Waals surface area contributed by atoms with E-state index < -0.39 is 0 Å². The maximum Gasteiger partial charge on any atom is 0.0976 e.